The second kappa shape index (κ2) is 7.34. The Balaban J connectivity index is 2.17. The Morgan fingerprint density at radius 1 is 1.50 bits per heavy atom. The topological polar surface area (TPSA) is 65.4 Å². The Labute approximate surface area is 109 Å². The van der Waals surface area contributed by atoms with Crippen molar-refractivity contribution in [2.75, 3.05) is 39.4 Å². The standard InChI is InChI=1S/C13H23N3O2/c1-3-13(2,11-14)12(17)15-5-4-6-16-7-9-18-10-8-16/h3-10H2,1-2H3,(H,15,17). The van der Waals surface area contributed by atoms with E-state index in [0.29, 0.717) is 13.0 Å². The van der Waals surface area contributed by atoms with Crippen molar-refractivity contribution >= 4 is 5.91 Å². The van der Waals surface area contributed by atoms with Crippen LogP contribution in [0.3, 0.4) is 0 Å². The highest BCUT2D eigenvalue weighted by Gasteiger charge is 2.30. The van der Waals surface area contributed by atoms with E-state index in [4.69, 9.17) is 10.00 Å². The molecular weight excluding hydrogens is 230 g/mol. The van der Waals surface area contributed by atoms with Crippen LogP contribution in [0.4, 0.5) is 0 Å². The van der Waals surface area contributed by atoms with Gasteiger partial charge in [-0.1, -0.05) is 6.92 Å². The summed E-state index contributed by atoms with van der Waals surface area (Å²) >= 11 is 0. The van der Waals surface area contributed by atoms with Gasteiger partial charge in [-0.3, -0.25) is 9.69 Å². The molecule has 5 nitrogen and oxygen atoms in total. The average molecular weight is 253 g/mol. The predicted octanol–water partition coefficient (Wildman–Crippen LogP) is 0.765. The number of nitrogens with one attached hydrogen (secondary N) is 1. The number of carbonyl (C=O) groups excluding carboxylic acids is 1. The first-order valence-corrected chi connectivity index (χ1v) is 6.62. The third kappa shape index (κ3) is 4.28. The molecule has 1 amide bonds. The van der Waals surface area contributed by atoms with Crippen LogP contribution >= 0.6 is 0 Å². The fourth-order valence-electron chi connectivity index (χ4n) is 1.81. The molecule has 1 rings (SSSR count). The van der Waals surface area contributed by atoms with Crippen molar-refractivity contribution in [1.29, 1.82) is 5.26 Å². The van der Waals surface area contributed by atoms with Crippen LogP contribution in [0.5, 0.6) is 0 Å². The number of amides is 1. The molecule has 1 saturated heterocycles. The zero-order chi connectivity index (χ0) is 13.4. The molecule has 0 spiro atoms. The fourth-order valence-corrected chi connectivity index (χ4v) is 1.81. The second-order valence-corrected chi connectivity index (χ2v) is 4.86. The highest BCUT2D eigenvalue weighted by atomic mass is 16.5. The summed E-state index contributed by atoms with van der Waals surface area (Å²) in [4.78, 5) is 14.1. The second-order valence-electron chi connectivity index (χ2n) is 4.86. The molecule has 102 valence electrons. The number of morpholine rings is 1. The van der Waals surface area contributed by atoms with Crippen LogP contribution in [0.15, 0.2) is 0 Å². The minimum Gasteiger partial charge on any atom is -0.379 e. The fraction of sp³-hybridized carbons (Fsp3) is 0.846. The van der Waals surface area contributed by atoms with Gasteiger partial charge in [0.25, 0.3) is 0 Å². The van der Waals surface area contributed by atoms with Crippen molar-refractivity contribution < 1.29 is 9.53 Å². The van der Waals surface area contributed by atoms with Gasteiger partial charge in [0.05, 0.1) is 19.3 Å². The maximum Gasteiger partial charge on any atom is 0.240 e. The molecule has 18 heavy (non-hydrogen) atoms. The summed E-state index contributed by atoms with van der Waals surface area (Å²) in [7, 11) is 0. The number of rotatable bonds is 6. The zero-order valence-electron chi connectivity index (χ0n) is 11.4. The van der Waals surface area contributed by atoms with E-state index in [2.05, 4.69) is 16.3 Å². The van der Waals surface area contributed by atoms with Crippen LogP contribution in [0.25, 0.3) is 0 Å². The van der Waals surface area contributed by atoms with Gasteiger partial charge in [-0.05, 0) is 26.3 Å². The summed E-state index contributed by atoms with van der Waals surface area (Å²) in [5, 5.41) is 11.8. The molecule has 0 aromatic rings. The summed E-state index contributed by atoms with van der Waals surface area (Å²) < 4.78 is 5.27. The van der Waals surface area contributed by atoms with Crippen LogP contribution in [-0.4, -0.2) is 50.2 Å². The van der Waals surface area contributed by atoms with Gasteiger partial charge >= 0.3 is 0 Å². The molecule has 1 atom stereocenters. The van der Waals surface area contributed by atoms with Crippen LogP contribution in [0.2, 0.25) is 0 Å². The number of nitriles is 1. The van der Waals surface area contributed by atoms with Gasteiger partial charge < -0.3 is 10.1 Å². The summed E-state index contributed by atoms with van der Waals surface area (Å²) in [5.41, 5.74) is -0.890. The molecule has 5 heteroatoms. The van der Waals surface area contributed by atoms with Crippen molar-refractivity contribution in [2.45, 2.75) is 26.7 Å². The molecular formula is C13H23N3O2. The lowest BCUT2D eigenvalue weighted by atomic mass is 9.88. The van der Waals surface area contributed by atoms with Gasteiger partial charge in [0, 0.05) is 19.6 Å². The molecule has 0 saturated carbocycles. The molecule has 0 radical (unpaired) electrons. The van der Waals surface area contributed by atoms with Gasteiger partial charge in [-0.15, -0.1) is 0 Å². The van der Waals surface area contributed by atoms with E-state index in [0.717, 1.165) is 39.3 Å². The molecule has 0 aromatic carbocycles. The van der Waals surface area contributed by atoms with Crippen molar-refractivity contribution in [3.05, 3.63) is 0 Å². The first-order chi connectivity index (χ1) is 8.62. The van der Waals surface area contributed by atoms with Crippen molar-refractivity contribution in [3.63, 3.8) is 0 Å². The Morgan fingerprint density at radius 3 is 2.72 bits per heavy atom. The summed E-state index contributed by atoms with van der Waals surface area (Å²) in [6.07, 6.45) is 1.45. The van der Waals surface area contributed by atoms with Gasteiger partial charge in [-0.2, -0.15) is 5.26 Å². The maximum absolute atomic E-state index is 11.8. The highest BCUT2D eigenvalue weighted by molar-refractivity contribution is 5.84. The SMILES string of the molecule is CCC(C)(C#N)C(=O)NCCCN1CCOCC1. The van der Waals surface area contributed by atoms with Gasteiger partial charge in [0.1, 0.15) is 5.41 Å². The average Bonchev–Trinajstić information content (AvgIpc) is 2.43. The lowest BCUT2D eigenvalue weighted by Gasteiger charge is -2.26. The molecule has 1 unspecified atom stereocenters. The van der Waals surface area contributed by atoms with E-state index in [1.807, 2.05) is 6.92 Å². The predicted molar refractivity (Wildman–Crippen MR) is 68.9 cm³/mol. The molecule has 0 aliphatic carbocycles. The largest absolute Gasteiger partial charge is 0.379 e. The number of hydrogen-bond donors (Lipinski definition) is 1. The van der Waals surface area contributed by atoms with Crippen LogP contribution in [0.1, 0.15) is 26.7 Å². The van der Waals surface area contributed by atoms with E-state index in [1.165, 1.54) is 0 Å². The van der Waals surface area contributed by atoms with E-state index in [1.54, 1.807) is 6.92 Å². The molecule has 1 aliphatic heterocycles. The van der Waals surface area contributed by atoms with Crippen molar-refractivity contribution in [1.82, 2.24) is 10.2 Å². The maximum atomic E-state index is 11.8. The number of nitrogens with zero attached hydrogens (tertiary/aromatic N) is 2. The molecule has 1 fully saturated rings. The van der Waals surface area contributed by atoms with E-state index in [9.17, 15) is 4.79 Å². The van der Waals surface area contributed by atoms with Crippen LogP contribution in [-0.2, 0) is 9.53 Å². The molecule has 1 heterocycles. The monoisotopic (exact) mass is 253 g/mol. The summed E-state index contributed by atoms with van der Waals surface area (Å²) in [6.45, 7) is 8.69. The Hall–Kier alpha value is -1.12. The van der Waals surface area contributed by atoms with Gasteiger partial charge in [0.15, 0.2) is 0 Å². The smallest absolute Gasteiger partial charge is 0.240 e. The van der Waals surface area contributed by atoms with Crippen LogP contribution < -0.4 is 5.32 Å². The number of hydrogen-bond acceptors (Lipinski definition) is 4. The van der Waals surface area contributed by atoms with E-state index in [-0.39, 0.29) is 5.91 Å². The molecule has 1 aliphatic rings. The van der Waals surface area contributed by atoms with Gasteiger partial charge in [0.2, 0.25) is 5.91 Å². The minimum atomic E-state index is -0.890. The van der Waals surface area contributed by atoms with E-state index < -0.39 is 5.41 Å². The zero-order valence-corrected chi connectivity index (χ0v) is 11.4. The molecule has 0 bridgehead atoms. The Morgan fingerprint density at radius 2 is 2.17 bits per heavy atom. The Bertz CT molecular complexity index is 308. The third-order valence-corrected chi connectivity index (χ3v) is 3.50. The molecule has 1 N–H and O–H groups in total. The first-order valence-electron chi connectivity index (χ1n) is 6.62. The molecule has 0 aromatic heterocycles. The van der Waals surface area contributed by atoms with E-state index >= 15 is 0 Å². The number of carbonyl (C=O) groups is 1. The van der Waals surface area contributed by atoms with Crippen molar-refractivity contribution in [3.8, 4) is 6.07 Å². The summed E-state index contributed by atoms with van der Waals surface area (Å²) in [6, 6.07) is 2.08. The lowest BCUT2D eigenvalue weighted by molar-refractivity contribution is -0.127. The van der Waals surface area contributed by atoms with Gasteiger partial charge in [-0.25, -0.2) is 0 Å². The van der Waals surface area contributed by atoms with Crippen LogP contribution in [0, 0.1) is 16.7 Å². The third-order valence-electron chi connectivity index (χ3n) is 3.50. The number of ether oxygens (including phenoxy) is 1. The quantitative estimate of drug-likeness (QED) is 0.710. The van der Waals surface area contributed by atoms with Crippen molar-refractivity contribution in [2.24, 2.45) is 5.41 Å². The summed E-state index contributed by atoms with van der Waals surface area (Å²) in [5.74, 6) is -0.158. The minimum absolute atomic E-state index is 0.158. The highest BCUT2D eigenvalue weighted by Crippen LogP contribution is 2.19. The lowest BCUT2D eigenvalue weighted by Crippen LogP contribution is -2.40. The first kappa shape index (κ1) is 14.9. The normalized spacial score (nSPS) is 19.8. The Kier molecular flexibility index (Phi) is 6.10.